The summed E-state index contributed by atoms with van der Waals surface area (Å²) < 4.78 is 16.3. The molecule has 2 rings (SSSR count). The molecule has 0 aliphatic heterocycles. The molecule has 2 aromatic carbocycles. The highest BCUT2D eigenvalue weighted by molar-refractivity contribution is 5.81. The van der Waals surface area contributed by atoms with E-state index >= 15 is 0 Å². The van der Waals surface area contributed by atoms with Crippen LogP contribution in [0.1, 0.15) is 31.0 Å². The lowest BCUT2D eigenvalue weighted by atomic mass is 10.1. The maximum atomic E-state index is 12.4. The molecule has 2 atom stereocenters. The first-order valence-electron chi connectivity index (χ1n) is 8.20. The fourth-order valence-electron chi connectivity index (χ4n) is 2.48. The van der Waals surface area contributed by atoms with Crippen LogP contribution in [0.15, 0.2) is 42.5 Å². The number of carbonyl (C=O) groups is 1. The van der Waals surface area contributed by atoms with Crippen molar-refractivity contribution in [3.8, 4) is 17.2 Å². The summed E-state index contributed by atoms with van der Waals surface area (Å²) in [5.74, 6) is 1.79. The number of hydrogen-bond acceptors (Lipinski definition) is 4. The van der Waals surface area contributed by atoms with Crippen LogP contribution in [0.3, 0.4) is 0 Å². The summed E-state index contributed by atoms with van der Waals surface area (Å²) in [6, 6.07) is 13.0. The lowest BCUT2D eigenvalue weighted by Crippen LogP contribution is -2.37. The zero-order valence-electron chi connectivity index (χ0n) is 15.3. The van der Waals surface area contributed by atoms with Crippen LogP contribution in [-0.2, 0) is 4.79 Å². The summed E-state index contributed by atoms with van der Waals surface area (Å²) in [5, 5.41) is 2.96. The number of benzene rings is 2. The highest BCUT2D eigenvalue weighted by Crippen LogP contribution is 2.29. The summed E-state index contributed by atoms with van der Waals surface area (Å²) in [7, 11) is 3.18. The maximum Gasteiger partial charge on any atom is 0.261 e. The Bertz CT molecular complexity index is 729. The first-order valence-corrected chi connectivity index (χ1v) is 8.20. The molecule has 134 valence electrons. The van der Waals surface area contributed by atoms with E-state index in [2.05, 4.69) is 5.32 Å². The van der Waals surface area contributed by atoms with Gasteiger partial charge >= 0.3 is 0 Å². The number of aryl methyl sites for hydroxylation is 1. The highest BCUT2D eigenvalue weighted by atomic mass is 16.5. The van der Waals surface area contributed by atoms with Gasteiger partial charge in [0.05, 0.1) is 20.3 Å². The number of nitrogens with one attached hydrogen (secondary N) is 1. The molecule has 0 aromatic heterocycles. The number of methoxy groups -OCH3 is 2. The van der Waals surface area contributed by atoms with Gasteiger partial charge in [-0.25, -0.2) is 0 Å². The topological polar surface area (TPSA) is 56.8 Å². The molecule has 0 bridgehead atoms. The fourth-order valence-corrected chi connectivity index (χ4v) is 2.48. The minimum absolute atomic E-state index is 0.177. The molecule has 0 aliphatic rings. The Morgan fingerprint density at radius 3 is 2.36 bits per heavy atom. The fraction of sp³-hybridized carbons (Fsp3) is 0.350. The second kappa shape index (κ2) is 8.42. The Morgan fingerprint density at radius 2 is 1.72 bits per heavy atom. The van der Waals surface area contributed by atoms with Gasteiger partial charge in [-0.15, -0.1) is 0 Å². The molecule has 0 saturated heterocycles. The van der Waals surface area contributed by atoms with E-state index in [9.17, 15) is 4.79 Å². The van der Waals surface area contributed by atoms with E-state index in [-0.39, 0.29) is 11.9 Å². The third-order valence-electron chi connectivity index (χ3n) is 3.94. The molecular formula is C20H25NO4. The molecule has 1 N–H and O–H groups in total. The quantitative estimate of drug-likeness (QED) is 0.834. The minimum atomic E-state index is -0.593. The van der Waals surface area contributed by atoms with Crippen LogP contribution in [0.2, 0.25) is 0 Å². The third kappa shape index (κ3) is 4.89. The zero-order valence-corrected chi connectivity index (χ0v) is 15.3. The van der Waals surface area contributed by atoms with Gasteiger partial charge < -0.3 is 19.5 Å². The smallest absolute Gasteiger partial charge is 0.261 e. The van der Waals surface area contributed by atoms with Gasteiger partial charge in [0.15, 0.2) is 17.6 Å². The lowest BCUT2D eigenvalue weighted by Gasteiger charge is -2.20. The average Bonchev–Trinajstić information content (AvgIpc) is 2.60. The summed E-state index contributed by atoms with van der Waals surface area (Å²) >= 11 is 0. The van der Waals surface area contributed by atoms with Gasteiger partial charge in [0.25, 0.3) is 5.91 Å². The lowest BCUT2D eigenvalue weighted by molar-refractivity contribution is -0.127. The molecule has 0 aliphatic carbocycles. The first-order chi connectivity index (χ1) is 11.9. The summed E-state index contributed by atoms with van der Waals surface area (Å²) in [5.41, 5.74) is 2.01. The minimum Gasteiger partial charge on any atom is -0.493 e. The van der Waals surface area contributed by atoms with Crippen molar-refractivity contribution in [2.45, 2.75) is 32.9 Å². The number of carbonyl (C=O) groups excluding carboxylic acids is 1. The molecule has 0 radical (unpaired) electrons. The van der Waals surface area contributed by atoms with Crippen molar-refractivity contribution in [1.29, 1.82) is 0 Å². The van der Waals surface area contributed by atoms with E-state index in [1.54, 1.807) is 21.1 Å². The van der Waals surface area contributed by atoms with Crippen molar-refractivity contribution in [3.05, 3.63) is 53.6 Å². The number of hydrogen-bond donors (Lipinski definition) is 1. The van der Waals surface area contributed by atoms with Gasteiger partial charge in [0.1, 0.15) is 5.75 Å². The number of ether oxygens (including phenoxy) is 3. The molecular weight excluding hydrogens is 318 g/mol. The van der Waals surface area contributed by atoms with Crippen LogP contribution < -0.4 is 19.5 Å². The van der Waals surface area contributed by atoms with E-state index in [1.807, 2.05) is 56.3 Å². The molecule has 25 heavy (non-hydrogen) atoms. The zero-order chi connectivity index (χ0) is 18.4. The van der Waals surface area contributed by atoms with Gasteiger partial charge in [-0.3, -0.25) is 4.79 Å². The van der Waals surface area contributed by atoms with E-state index in [0.29, 0.717) is 17.2 Å². The Kier molecular flexibility index (Phi) is 6.28. The van der Waals surface area contributed by atoms with Gasteiger partial charge in [-0.05, 0) is 56.2 Å². The second-order valence-electron chi connectivity index (χ2n) is 5.92. The normalized spacial score (nSPS) is 12.8. The molecule has 1 amide bonds. The standard InChI is InChI=1S/C20H25NO4/c1-13-7-6-8-17(11-13)25-15(3)20(22)21-14(2)16-9-10-18(23-4)19(12-16)24-5/h6-12,14-15H,1-5H3,(H,21,22)/t14-,15-/m0/s1. The molecule has 5 heteroatoms. The monoisotopic (exact) mass is 343 g/mol. The Labute approximate surface area is 148 Å². The van der Waals surface area contributed by atoms with Crippen molar-refractivity contribution in [3.63, 3.8) is 0 Å². The molecule has 5 nitrogen and oxygen atoms in total. The SMILES string of the molecule is COc1ccc([C@H](C)NC(=O)[C@H](C)Oc2cccc(C)c2)cc1OC. The largest absolute Gasteiger partial charge is 0.493 e. The van der Waals surface area contributed by atoms with Crippen LogP contribution >= 0.6 is 0 Å². The third-order valence-corrected chi connectivity index (χ3v) is 3.94. The maximum absolute atomic E-state index is 12.4. The van der Waals surface area contributed by atoms with Crippen molar-refractivity contribution in [1.82, 2.24) is 5.32 Å². The van der Waals surface area contributed by atoms with Crippen LogP contribution in [0.25, 0.3) is 0 Å². The predicted molar refractivity (Wildman–Crippen MR) is 97.4 cm³/mol. The molecule has 2 aromatic rings. The Hall–Kier alpha value is -2.69. The molecule has 0 fully saturated rings. The predicted octanol–water partition coefficient (Wildman–Crippen LogP) is 3.66. The molecule has 0 saturated carbocycles. The highest BCUT2D eigenvalue weighted by Gasteiger charge is 2.18. The van der Waals surface area contributed by atoms with E-state index in [1.165, 1.54) is 0 Å². The Morgan fingerprint density at radius 1 is 1.00 bits per heavy atom. The van der Waals surface area contributed by atoms with Crippen molar-refractivity contribution < 1.29 is 19.0 Å². The second-order valence-corrected chi connectivity index (χ2v) is 5.92. The molecule has 0 spiro atoms. The number of rotatable bonds is 7. The van der Waals surface area contributed by atoms with Gasteiger partial charge in [0.2, 0.25) is 0 Å². The summed E-state index contributed by atoms with van der Waals surface area (Å²) in [6.07, 6.45) is -0.593. The number of amides is 1. The summed E-state index contributed by atoms with van der Waals surface area (Å²) in [4.78, 5) is 12.4. The average molecular weight is 343 g/mol. The van der Waals surface area contributed by atoms with E-state index in [4.69, 9.17) is 14.2 Å². The van der Waals surface area contributed by atoms with Crippen LogP contribution in [-0.4, -0.2) is 26.2 Å². The van der Waals surface area contributed by atoms with Gasteiger partial charge in [-0.2, -0.15) is 0 Å². The molecule has 0 heterocycles. The van der Waals surface area contributed by atoms with Crippen molar-refractivity contribution in [2.75, 3.05) is 14.2 Å². The Balaban J connectivity index is 2.01. The van der Waals surface area contributed by atoms with Gasteiger partial charge in [-0.1, -0.05) is 18.2 Å². The van der Waals surface area contributed by atoms with Gasteiger partial charge in [0, 0.05) is 0 Å². The van der Waals surface area contributed by atoms with Crippen LogP contribution in [0.5, 0.6) is 17.2 Å². The van der Waals surface area contributed by atoms with Crippen LogP contribution in [0, 0.1) is 6.92 Å². The molecule has 0 unspecified atom stereocenters. The summed E-state index contributed by atoms with van der Waals surface area (Å²) in [6.45, 7) is 5.63. The van der Waals surface area contributed by atoms with E-state index in [0.717, 1.165) is 11.1 Å². The van der Waals surface area contributed by atoms with Crippen molar-refractivity contribution in [2.24, 2.45) is 0 Å². The first kappa shape index (κ1) is 18.6. The van der Waals surface area contributed by atoms with E-state index < -0.39 is 6.10 Å². The van der Waals surface area contributed by atoms with Crippen molar-refractivity contribution >= 4 is 5.91 Å². The van der Waals surface area contributed by atoms with Crippen LogP contribution in [0.4, 0.5) is 0 Å².